The lowest BCUT2D eigenvalue weighted by molar-refractivity contribution is 0.102. The highest BCUT2D eigenvalue weighted by atomic mass is 32.1. The quantitative estimate of drug-likeness (QED) is 0.485. The molecule has 1 N–H and O–H groups in total. The van der Waals surface area contributed by atoms with Gasteiger partial charge in [0, 0.05) is 10.9 Å². The van der Waals surface area contributed by atoms with Crippen molar-refractivity contribution in [2.24, 2.45) is 0 Å². The summed E-state index contributed by atoms with van der Waals surface area (Å²) in [6, 6.07) is 24.1. The minimum absolute atomic E-state index is 0.00136. The topological polar surface area (TPSA) is 42.0 Å². The molecule has 0 bridgehead atoms. The normalized spacial score (nSPS) is 10.6. The first kappa shape index (κ1) is 17.1. The van der Waals surface area contributed by atoms with E-state index in [2.05, 4.69) is 22.4 Å². The van der Waals surface area contributed by atoms with E-state index < -0.39 is 11.7 Å². The van der Waals surface area contributed by atoms with Gasteiger partial charge in [-0.25, -0.2) is 9.37 Å². The Balaban J connectivity index is 1.51. The average molecular weight is 374 g/mol. The maximum absolute atomic E-state index is 13.7. The van der Waals surface area contributed by atoms with Crippen molar-refractivity contribution in [3.63, 3.8) is 0 Å². The molecule has 0 spiro atoms. The van der Waals surface area contributed by atoms with Crippen molar-refractivity contribution in [2.45, 2.75) is 0 Å². The number of rotatable bonds is 4. The smallest absolute Gasteiger partial charge is 0.260 e. The first-order valence-electron chi connectivity index (χ1n) is 8.38. The Labute approximate surface area is 160 Å². The van der Waals surface area contributed by atoms with Gasteiger partial charge in [0.15, 0.2) is 5.13 Å². The number of hydrogen-bond acceptors (Lipinski definition) is 3. The number of anilines is 1. The Morgan fingerprint density at radius 2 is 1.44 bits per heavy atom. The molecular formula is C22H15FN2OS. The molecule has 1 aromatic heterocycles. The third-order valence-corrected chi connectivity index (χ3v) is 4.89. The van der Waals surface area contributed by atoms with Crippen molar-refractivity contribution in [2.75, 3.05) is 5.32 Å². The van der Waals surface area contributed by atoms with Crippen molar-refractivity contribution >= 4 is 22.4 Å². The summed E-state index contributed by atoms with van der Waals surface area (Å²) < 4.78 is 13.7. The third-order valence-electron chi connectivity index (χ3n) is 4.13. The molecule has 0 fully saturated rings. The van der Waals surface area contributed by atoms with E-state index in [1.54, 1.807) is 12.1 Å². The second-order valence-corrected chi connectivity index (χ2v) is 6.77. The monoisotopic (exact) mass is 374 g/mol. The molecule has 4 aromatic rings. The number of carbonyl (C=O) groups is 1. The molecule has 0 unspecified atom stereocenters. The van der Waals surface area contributed by atoms with Crippen LogP contribution in [-0.4, -0.2) is 10.9 Å². The number of hydrogen-bond donors (Lipinski definition) is 1. The zero-order chi connectivity index (χ0) is 18.6. The zero-order valence-electron chi connectivity index (χ0n) is 14.2. The van der Waals surface area contributed by atoms with Gasteiger partial charge in [-0.05, 0) is 23.3 Å². The van der Waals surface area contributed by atoms with Crippen LogP contribution in [0.15, 0.2) is 84.2 Å². The minimum Gasteiger partial charge on any atom is -0.298 e. The highest BCUT2D eigenvalue weighted by Gasteiger charge is 2.13. The summed E-state index contributed by atoms with van der Waals surface area (Å²) in [6.45, 7) is 0. The van der Waals surface area contributed by atoms with Crippen molar-refractivity contribution in [3.8, 4) is 22.4 Å². The molecule has 1 amide bonds. The van der Waals surface area contributed by atoms with Crippen molar-refractivity contribution < 1.29 is 9.18 Å². The lowest BCUT2D eigenvalue weighted by Gasteiger charge is -2.03. The lowest BCUT2D eigenvalue weighted by Crippen LogP contribution is -2.13. The van der Waals surface area contributed by atoms with Crippen LogP contribution in [0.5, 0.6) is 0 Å². The Morgan fingerprint density at radius 1 is 0.815 bits per heavy atom. The number of carbonyl (C=O) groups excluding carboxylic acids is 1. The van der Waals surface area contributed by atoms with E-state index in [-0.39, 0.29) is 5.56 Å². The van der Waals surface area contributed by atoms with Gasteiger partial charge in [0.2, 0.25) is 0 Å². The molecule has 3 aromatic carbocycles. The second kappa shape index (κ2) is 7.51. The molecule has 5 heteroatoms. The standard InChI is InChI=1S/C22H15FN2OS/c23-19-9-5-4-8-18(19)21(26)25-22-24-20(14-27-22)17-12-10-16(11-13-17)15-6-2-1-3-7-15/h1-14H,(H,24,25,26). The van der Waals surface area contributed by atoms with Crippen molar-refractivity contribution in [1.29, 1.82) is 0 Å². The predicted molar refractivity (Wildman–Crippen MR) is 107 cm³/mol. The molecule has 0 radical (unpaired) electrons. The summed E-state index contributed by atoms with van der Waals surface area (Å²) in [6.07, 6.45) is 0. The first-order chi connectivity index (χ1) is 13.2. The third kappa shape index (κ3) is 3.78. The van der Waals surface area contributed by atoms with Crippen LogP contribution in [0.4, 0.5) is 9.52 Å². The molecule has 1 heterocycles. The molecule has 0 atom stereocenters. The van der Waals surface area contributed by atoms with Crippen LogP contribution in [0.1, 0.15) is 10.4 Å². The summed E-state index contributed by atoms with van der Waals surface area (Å²) in [7, 11) is 0. The summed E-state index contributed by atoms with van der Waals surface area (Å²) in [5.41, 5.74) is 4.00. The van der Waals surface area contributed by atoms with Crippen molar-refractivity contribution in [3.05, 3.63) is 95.6 Å². The Bertz CT molecular complexity index is 1070. The summed E-state index contributed by atoms with van der Waals surface area (Å²) in [4.78, 5) is 16.6. The van der Waals surface area contributed by atoms with E-state index in [1.807, 2.05) is 47.8 Å². The molecule has 0 saturated heterocycles. The van der Waals surface area contributed by atoms with Gasteiger partial charge in [0.05, 0.1) is 11.3 Å². The Morgan fingerprint density at radius 3 is 2.19 bits per heavy atom. The molecule has 0 saturated carbocycles. The molecular weight excluding hydrogens is 359 g/mol. The van der Waals surface area contributed by atoms with Crippen LogP contribution >= 0.6 is 11.3 Å². The molecule has 0 aliphatic carbocycles. The van der Waals surface area contributed by atoms with Gasteiger partial charge in [-0.15, -0.1) is 11.3 Å². The highest BCUT2D eigenvalue weighted by molar-refractivity contribution is 7.14. The number of thiazole rings is 1. The number of nitrogens with zero attached hydrogens (tertiary/aromatic N) is 1. The van der Waals surface area contributed by atoms with Gasteiger partial charge in [-0.2, -0.15) is 0 Å². The van der Waals surface area contributed by atoms with Gasteiger partial charge in [-0.3, -0.25) is 10.1 Å². The largest absolute Gasteiger partial charge is 0.298 e. The van der Waals surface area contributed by atoms with E-state index in [0.717, 1.165) is 22.4 Å². The van der Waals surface area contributed by atoms with Crippen LogP contribution in [0.2, 0.25) is 0 Å². The molecule has 0 aliphatic heterocycles. The summed E-state index contributed by atoms with van der Waals surface area (Å²) >= 11 is 1.31. The lowest BCUT2D eigenvalue weighted by atomic mass is 10.0. The maximum atomic E-state index is 13.7. The number of amides is 1. The van der Waals surface area contributed by atoms with Crippen LogP contribution < -0.4 is 5.32 Å². The summed E-state index contributed by atoms with van der Waals surface area (Å²) in [5.74, 6) is -1.06. The number of nitrogens with one attached hydrogen (secondary N) is 1. The predicted octanol–water partition coefficient (Wildman–Crippen LogP) is 5.87. The molecule has 132 valence electrons. The van der Waals surface area contributed by atoms with Gasteiger partial charge < -0.3 is 0 Å². The summed E-state index contributed by atoms with van der Waals surface area (Å²) in [5, 5.41) is 4.96. The van der Waals surface area contributed by atoms with Crippen LogP contribution in [0.25, 0.3) is 22.4 Å². The molecule has 0 aliphatic rings. The number of benzene rings is 3. The fourth-order valence-corrected chi connectivity index (χ4v) is 3.45. The number of halogens is 1. The molecule has 27 heavy (non-hydrogen) atoms. The minimum atomic E-state index is -0.553. The van der Waals surface area contributed by atoms with E-state index in [9.17, 15) is 9.18 Å². The van der Waals surface area contributed by atoms with Crippen LogP contribution in [-0.2, 0) is 0 Å². The fourth-order valence-electron chi connectivity index (χ4n) is 2.74. The second-order valence-electron chi connectivity index (χ2n) is 5.92. The van der Waals surface area contributed by atoms with Gasteiger partial charge in [0.25, 0.3) is 5.91 Å². The van der Waals surface area contributed by atoms with Gasteiger partial charge in [-0.1, -0.05) is 66.7 Å². The van der Waals surface area contributed by atoms with Crippen LogP contribution in [0.3, 0.4) is 0 Å². The van der Waals surface area contributed by atoms with E-state index in [1.165, 1.54) is 23.5 Å². The van der Waals surface area contributed by atoms with Crippen molar-refractivity contribution in [1.82, 2.24) is 4.98 Å². The number of aromatic nitrogens is 1. The highest BCUT2D eigenvalue weighted by Crippen LogP contribution is 2.28. The Kier molecular flexibility index (Phi) is 4.77. The van der Waals surface area contributed by atoms with Crippen LogP contribution in [0, 0.1) is 5.82 Å². The average Bonchev–Trinajstić information content (AvgIpc) is 3.17. The molecule has 3 nitrogen and oxygen atoms in total. The SMILES string of the molecule is O=C(Nc1nc(-c2ccc(-c3ccccc3)cc2)cs1)c1ccccc1F. The van der Waals surface area contributed by atoms with Gasteiger partial charge in [0.1, 0.15) is 5.82 Å². The van der Waals surface area contributed by atoms with E-state index in [4.69, 9.17) is 0 Å². The first-order valence-corrected chi connectivity index (χ1v) is 9.26. The Hall–Kier alpha value is -3.31. The zero-order valence-corrected chi connectivity index (χ0v) is 15.0. The molecule has 4 rings (SSSR count). The van der Waals surface area contributed by atoms with E-state index >= 15 is 0 Å². The maximum Gasteiger partial charge on any atom is 0.260 e. The van der Waals surface area contributed by atoms with E-state index in [0.29, 0.717) is 5.13 Å². The van der Waals surface area contributed by atoms with Gasteiger partial charge >= 0.3 is 0 Å². The fraction of sp³-hybridized carbons (Fsp3) is 0.